The number of methoxy groups -OCH3 is 1. The summed E-state index contributed by atoms with van der Waals surface area (Å²) in [4.78, 5) is 48.3. The van der Waals surface area contributed by atoms with Crippen LogP contribution in [-0.4, -0.2) is 48.5 Å². The minimum Gasteiger partial charge on any atom is -0.467 e. The van der Waals surface area contributed by atoms with Gasteiger partial charge < -0.3 is 20.1 Å². The first-order chi connectivity index (χ1) is 13.5. The van der Waals surface area contributed by atoms with Crippen molar-refractivity contribution in [1.29, 1.82) is 0 Å². The first kappa shape index (κ1) is 24.1. The first-order valence-electron chi connectivity index (χ1n) is 9.43. The Hall–Kier alpha value is -2.90. The van der Waals surface area contributed by atoms with Gasteiger partial charge >= 0.3 is 11.9 Å². The summed E-state index contributed by atoms with van der Waals surface area (Å²) in [7, 11) is 1.20. The zero-order valence-electron chi connectivity index (χ0n) is 17.6. The normalized spacial score (nSPS) is 13.0. The molecule has 0 unspecified atom stereocenters. The van der Waals surface area contributed by atoms with Crippen LogP contribution in [0.5, 0.6) is 0 Å². The Morgan fingerprint density at radius 1 is 1.00 bits per heavy atom. The third kappa shape index (κ3) is 9.73. The summed E-state index contributed by atoms with van der Waals surface area (Å²) in [6.07, 6.45) is 0.207. The molecule has 0 bridgehead atoms. The van der Waals surface area contributed by atoms with Gasteiger partial charge in [0.1, 0.15) is 17.7 Å². The fourth-order valence-electron chi connectivity index (χ4n) is 2.62. The van der Waals surface area contributed by atoms with E-state index in [1.807, 2.05) is 30.3 Å². The zero-order valence-corrected chi connectivity index (χ0v) is 17.6. The number of benzene rings is 1. The van der Waals surface area contributed by atoms with E-state index in [0.717, 1.165) is 5.56 Å². The maximum absolute atomic E-state index is 12.7. The zero-order chi connectivity index (χ0) is 22.0. The topological polar surface area (TPSA) is 111 Å². The highest BCUT2D eigenvalue weighted by Gasteiger charge is 2.28. The number of carbonyl (C=O) groups excluding carboxylic acids is 4. The van der Waals surface area contributed by atoms with E-state index < -0.39 is 35.5 Å². The van der Waals surface area contributed by atoms with Gasteiger partial charge in [-0.3, -0.25) is 14.4 Å². The number of nitrogens with one attached hydrogen (secondary N) is 2. The number of amides is 2. The van der Waals surface area contributed by atoms with E-state index in [9.17, 15) is 19.2 Å². The van der Waals surface area contributed by atoms with Gasteiger partial charge in [-0.2, -0.15) is 0 Å². The molecular weight excluding hydrogens is 376 g/mol. The molecule has 2 N–H and O–H groups in total. The fourth-order valence-corrected chi connectivity index (χ4v) is 2.62. The van der Waals surface area contributed by atoms with E-state index in [-0.39, 0.29) is 25.2 Å². The lowest BCUT2D eigenvalue weighted by molar-refractivity contribution is -0.155. The van der Waals surface area contributed by atoms with Crippen molar-refractivity contribution in [2.45, 2.75) is 64.6 Å². The lowest BCUT2D eigenvalue weighted by Crippen LogP contribution is -2.52. The van der Waals surface area contributed by atoms with Crippen molar-refractivity contribution in [2.24, 2.45) is 0 Å². The Morgan fingerprint density at radius 3 is 2.14 bits per heavy atom. The third-order valence-corrected chi connectivity index (χ3v) is 3.84. The van der Waals surface area contributed by atoms with E-state index in [2.05, 4.69) is 10.6 Å². The summed E-state index contributed by atoms with van der Waals surface area (Å²) in [6, 6.07) is 7.27. The summed E-state index contributed by atoms with van der Waals surface area (Å²) in [5.74, 6) is -2.07. The molecule has 8 nitrogen and oxygen atoms in total. The maximum atomic E-state index is 12.7. The summed E-state index contributed by atoms with van der Waals surface area (Å²) in [5.41, 5.74) is 0.206. The van der Waals surface area contributed by atoms with Crippen LogP contribution in [0.2, 0.25) is 0 Å². The van der Waals surface area contributed by atoms with Gasteiger partial charge in [0, 0.05) is 19.8 Å². The molecule has 0 heterocycles. The van der Waals surface area contributed by atoms with E-state index in [0.29, 0.717) is 0 Å². The van der Waals surface area contributed by atoms with Crippen LogP contribution in [0.25, 0.3) is 0 Å². The van der Waals surface area contributed by atoms with E-state index in [1.54, 1.807) is 20.8 Å². The monoisotopic (exact) mass is 406 g/mol. The second-order valence-corrected chi connectivity index (χ2v) is 7.65. The summed E-state index contributed by atoms with van der Waals surface area (Å²) in [6.45, 7) is 6.54. The van der Waals surface area contributed by atoms with Gasteiger partial charge in [-0.15, -0.1) is 0 Å². The molecule has 0 aliphatic carbocycles. The van der Waals surface area contributed by atoms with Crippen molar-refractivity contribution in [1.82, 2.24) is 10.6 Å². The van der Waals surface area contributed by atoms with Crippen LogP contribution in [0.1, 0.15) is 46.1 Å². The van der Waals surface area contributed by atoms with Gasteiger partial charge in [0.2, 0.25) is 11.8 Å². The van der Waals surface area contributed by atoms with E-state index >= 15 is 0 Å². The minimum atomic E-state index is -1.04. The third-order valence-electron chi connectivity index (χ3n) is 3.84. The lowest BCUT2D eigenvalue weighted by atomic mass is 10.0. The molecule has 8 heteroatoms. The predicted molar refractivity (Wildman–Crippen MR) is 107 cm³/mol. The Kier molecular flexibility index (Phi) is 9.31. The van der Waals surface area contributed by atoms with Crippen molar-refractivity contribution in [3.8, 4) is 0 Å². The summed E-state index contributed by atoms with van der Waals surface area (Å²) >= 11 is 0. The van der Waals surface area contributed by atoms with Crippen molar-refractivity contribution in [3.63, 3.8) is 0 Å². The molecule has 0 aliphatic rings. The quantitative estimate of drug-likeness (QED) is 0.602. The highest BCUT2D eigenvalue weighted by atomic mass is 16.6. The largest absolute Gasteiger partial charge is 0.467 e. The van der Waals surface area contributed by atoms with Crippen molar-refractivity contribution >= 4 is 23.8 Å². The average Bonchev–Trinajstić information content (AvgIpc) is 2.62. The molecule has 0 fully saturated rings. The fraction of sp³-hybridized carbons (Fsp3) is 0.524. The van der Waals surface area contributed by atoms with Gasteiger partial charge in [0.15, 0.2) is 0 Å². The smallest absolute Gasteiger partial charge is 0.328 e. The number of rotatable bonds is 9. The second kappa shape index (κ2) is 11.2. The molecule has 29 heavy (non-hydrogen) atoms. The molecule has 2 atom stereocenters. The Morgan fingerprint density at radius 2 is 1.62 bits per heavy atom. The van der Waals surface area contributed by atoms with Crippen molar-refractivity contribution < 1.29 is 28.7 Å². The molecule has 0 aromatic heterocycles. The molecule has 1 aromatic carbocycles. The van der Waals surface area contributed by atoms with Gasteiger partial charge in [0.05, 0.1) is 7.11 Å². The predicted octanol–water partition coefficient (Wildman–Crippen LogP) is 1.51. The van der Waals surface area contributed by atoms with Crippen LogP contribution in [0, 0.1) is 0 Å². The van der Waals surface area contributed by atoms with Gasteiger partial charge in [-0.25, -0.2) is 4.79 Å². The molecular formula is C21H30N2O6. The molecule has 0 aliphatic heterocycles. The van der Waals surface area contributed by atoms with Crippen molar-refractivity contribution in [2.75, 3.05) is 7.11 Å². The first-order valence-corrected chi connectivity index (χ1v) is 9.43. The second-order valence-electron chi connectivity index (χ2n) is 7.65. The van der Waals surface area contributed by atoms with Gasteiger partial charge in [-0.1, -0.05) is 30.3 Å². The molecule has 0 saturated heterocycles. The van der Waals surface area contributed by atoms with E-state index in [1.165, 1.54) is 14.0 Å². The Balaban J connectivity index is 2.82. The highest BCUT2D eigenvalue weighted by Crippen LogP contribution is 2.11. The number of ether oxygens (including phenoxy) is 2. The summed E-state index contributed by atoms with van der Waals surface area (Å²) < 4.78 is 9.96. The molecule has 160 valence electrons. The number of esters is 2. The Labute approximate surface area is 171 Å². The lowest BCUT2D eigenvalue weighted by Gasteiger charge is -2.23. The van der Waals surface area contributed by atoms with Crippen LogP contribution in [-0.2, 0) is 35.1 Å². The standard InChI is InChI=1S/C21H30N2O6/c1-14(24)22-17(13-15-9-7-6-8-10-15)19(26)23-16(20(27)28-5)11-12-18(25)29-21(2,3)4/h6-10,16-17H,11-13H2,1-5H3,(H,22,24)(H,23,26)/t16-,17+/m0/s1. The van der Waals surface area contributed by atoms with Crippen LogP contribution < -0.4 is 10.6 Å². The average molecular weight is 406 g/mol. The molecule has 1 aromatic rings. The van der Waals surface area contributed by atoms with Crippen LogP contribution in [0.15, 0.2) is 30.3 Å². The SMILES string of the molecule is COC(=O)[C@H](CCC(=O)OC(C)(C)C)NC(=O)[C@@H](Cc1ccccc1)NC(C)=O. The molecule has 0 spiro atoms. The van der Waals surface area contributed by atoms with Crippen molar-refractivity contribution in [3.05, 3.63) is 35.9 Å². The Bertz CT molecular complexity index is 712. The van der Waals surface area contributed by atoms with Crippen LogP contribution >= 0.6 is 0 Å². The van der Waals surface area contributed by atoms with Crippen LogP contribution in [0.3, 0.4) is 0 Å². The van der Waals surface area contributed by atoms with Crippen LogP contribution in [0.4, 0.5) is 0 Å². The molecule has 0 radical (unpaired) electrons. The number of carbonyl (C=O) groups is 4. The van der Waals surface area contributed by atoms with Gasteiger partial charge in [-0.05, 0) is 32.8 Å². The number of hydrogen-bond acceptors (Lipinski definition) is 6. The maximum Gasteiger partial charge on any atom is 0.328 e. The minimum absolute atomic E-state index is 0.0193. The molecule has 1 rings (SSSR count). The summed E-state index contributed by atoms with van der Waals surface area (Å²) in [5, 5.41) is 5.17. The highest BCUT2D eigenvalue weighted by molar-refractivity contribution is 5.90. The molecule has 0 saturated carbocycles. The van der Waals surface area contributed by atoms with E-state index in [4.69, 9.17) is 9.47 Å². The van der Waals surface area contributed by atoms with Gasteiger partial charge in [0.25, 0.3) is 0 Å². The molecule has 2 amide bonds. The number of hydrogen-bond donors (Lipinski definition) is 2.